The molecule has 1 saturated carbocycles. The fourth-order valence-electron chi connectivity index (χ4n) is 7.49. The molecule has 218 valence electrons. The zero-order valence-corrected chi connectivity index (χ0v) is 24.5. The van der Waals surface area contributed by atoms with E-state index in [1.165, 1.54) is 6.07 Å². The van der Waals surface area contributed by atoms with E-state index in [0.717, 1.165) is 12.8 Å². The van der Waals surface area contributed by atoms with Crippen LogP contribution in [0.15, 0.2) is 48.6 Å². The van der Waals surface area contributed by atoms with Crippen LogP contribution in [0.25, 0.3) is 0 Å². The molecular weight excluding hydrogens is 568 g/mol. The number of aliphatic hydroxyl groups is 1. The van der Waals surface area contributed by atoms with Gasteiger partial charge < -0.3 is 20.5 Å². The number of hydrogen-bond acceptors (Lipinski definition) is 5. The Labute approximate surface area is 248 Å². The minimum absolute atomic E-state index is 0.0522. The van der Waals surface area contributed by atoms with Crippen LogP contribution >= 0.6 is 23.2 Å². The summed E-state index contributed by atoms with van der Waals surface area (Å²) in [6.07, 6.45) is 5.94. The van der Waals surface area contributed by atoms with Gasteiger partial charge in [0.2, 0.25) is 11.8 Å². The molecule has 2 fully saturated rings. The first kappa shape index (κ1) is 28.6. The summed E-state index contributed by atoms with van der Waals surface area (Å²) in [6, 6.07) is 8.63. The molecule has 0 radical (unpaired) electrons. The molecule has 10 heteroatoms. The third-order valence-corrected chi connectivity index (χ3v) is 10.1. The molecule has 7 nitrogen and oxygen atoms in total. The molecule has 3 aliphatic heterocycles. The van der Waals surface area contributed by atoms with Gasteiger partial charge in [0.05, 0.1) is 36.4 Å². The predicted molar refractivity (Wildman–Crippen MR) is 156 cm³/mol. The Morgan fingerprint density at radius 1 is 1.15 bits per heavy atom. The maximum absolute atomic E-state index is 16.0. The molecule has 0 bridgehead atoms. The van der Waals surface area contributed by atoms with Crippen molar-refractivity contribution < 1.29 is 23.8 Å². The molecule has 1 saturated heterocycles. The lowest BCUT2D eigenvalue weighted by molar-refractivity contribution is -0.125. The standard InChI is InChI=1S/C31H34Cl2FN3O4/c1-29(2)10-12-30(13-11-29)31(21-9-6-17(32)14-23(21)36-28(31)40)24(20-4-3-5-22(33)25(20)34)26(37-30)27(39)35-18-7-8-19(15-38)41-16-18/h3-9,14,18-19,24,26,37-38H,10-13,15-16H2,1-2H3,(H,35,39)(H,36,40)/t18-,19+,24?,26-,31?/m1/s1. The van der Waals surface area contributed by atoms with Crippen LogP contribution in [0.3, 0.4) is 0 Å². The van der Waals surface area contributed by atoms with Crippen LogP contribution in [0, 0.1) is 11.2 Å². The van der Waals surface area contributed by atoms with Crippen molar-refractivity contribution in [3.05, 3.63) is 75.5 Å². The van der Waals surface area contributed by atoms with Gasteiger partial charge in [0.25, 0.3) is 0 Å². The molecule has 1 aliphatic carbocycles. The van der Waals surface area contributed by atoms with Crippen molar-refractivity contribution in [2.75, 3.05) is 18.5 Å². The van der Waals surface area contributed by atoms with Crippen molar-refractivity contribution in [1.82, 2.24) is 10.6 Å². The minimum atomic E-state index is -1.31. The Bertz CT molecular complexity index is 1420. The number of anilines is 1. The van der Waals surface area contributed by atoms with Crippen LogP contribution in [0.2, 0.25) is 10.0 Å². The first-order valence-corrected chi connectivity index (χ1v) is 14.8. The number of rotatable bonds is 4. The molecule has 0 aromatic heterocycles. The number of ether oxygens (including phenoxy) is 1. The van der Waals surface area contributed by atoms with Crippen LogP contribution in [0.1, 0.15) is 56.6 Å². The molecular formula is C31H34Cl2FN3O4. The van der Waals surface area contributed by atoms with Gasteiger partial charge in [0, 0.05) is 22.2 Å². The Balaban J connectivity index is 1.53. The number of aliphatic hydroxyl groups excluding tert-OH is 1. The van der Waals surface area contributed by atoms with Gasteiger partial charge in [0.15, 0.2) is 0 Å². The van der Waals surface area contributed by atoms with Crippen molar-refractivity contribution in [2.45, 2.75) is 74.6 Å². The largest absolute Gasteiger partial charge is 0.393 e. The summed E-state index contributed by atoms with van der Waals surface area (Å²) < 4.78 is 21.6. The van der Waals surface area contributed by atoms with Crippen molar-refractivity contribution in [1.29, 1.82) is 0 Å². The van der Waals surface area contributed by atoms with Gasteiger partial charge in [-0.3, -0.25) is 14.9 Å². The first-order chi connectivity index (χ1) is 19.5. The lowest BCUT2D eigenvalue weighted by Gasteiger charge is -2.50. The second-order valence-corrected chi connectivity index (χ2v) is 13.3. The van der Waals surface area contributed by atoms with E-state index in [1.807, 2.05) is 6.07 Å². The fourth-order valence-corrected chi connectivity index (χ4v) is 7.84. The highest BCUT2D eigenvalue weighted by Crippen LogP contribution is 2.64. The number of amides is 2. The highest BCUT2D eigenvalue weighted by atomic mass is 35.5. The second-order valence-electron chi connectivity index (χ2n) is 12.5. The van der Waals surface area contributed by atoms with E-state index in [1.54, 1.807) is 36.4 Å². The lowest BCUT2D eigenvalue weighted by atomic mass is 9.53. The van der Waals surface area contributed by atoms with Crippen molar-refractivity contribution >= 4 is 40.7 Å². The van der Waals surface area contributed by atoms with E-state index in [0.29, 0.717) is 29.1 Å². The maximum Gasteiger partial charge on any atom is 0.238 e. The van der Waals surface area contributed by atoms with Crippen molar-refractivity contribution in [2.24, 2.45) is 5.41 Å². The van der Waals surface area contributed by atoms with Crippen LogP contribution in [-0.2, 0) is 19.7 Å². The quantitative estimate of drug-likeness (QED) is 0.375. The summed E-state index contributed by atoms with van der Waals surface area (Å²) in [5.41, 5.74) is -0.616. The number of carbonyl (C=O) groups excluding carboxylic acids is 2. The maximum atomic E-state index is 16.0. The number of halogens is 3. The third kappa shape index (κ3) is 4.50. The summed E-state index contributed by atoms with van der Waals surface area (Å²) >= 11 is 12.7. The molecule has 5 atom stereocenters. The lowest BCUT2D eigenvalue weighted by Crippen LogP contribution is -2.61. The molecule has 3 heterocycles. The average molecular weight is 603 g/mol. The van der Waals surface area contributed by atoms with Gasteiger partial charge >= 0.3 is 0 Å². The van der Waals surface area contributed by atoms with E-state index < -0.39 is 40.9 Å². The predicted octanol–water partition coefficient (Wildman–Crippen LogP) is 4.85. The summed E-state index contributed by atoms with van der Waals surface area (Å²) in [5.74, 6) is -2.21. The molecule has 2 aromatic carbocycles. The van der Waals surface area contributed by atoms with Crippen LogP contribution in [0.4, 0.5) is 10.1 Å². The van der Waals surface area contributed by atoms with Gasteiger partial charge in [0.1, 0.15) is 11.2 Å². The number of benzene rings is 2. The van der Waals surface area contributed by atoms with E-state index in [-0.39, 0.29) is 41.0 Å². The second kappa shape index (κ2) is 10.3. The molecule has 2 spiro atoms. The van der Waals surface area contributed by atoms with Gasteiger partial charge in [-0.2, -0.15) is 0 Å². The molecule has 4 aliphatic rings. The van der Waals surface area contributed by atoms with Crippen LogP contribution in [-0.4, -0.2) is 53.9 Å². The monoisotopic (exact) mass is 601 g/mol. The zero-order valence-electron chi connectivity index (χ0n) is 23.0. The summed E-state index contributed by atoms with van der Waals surface area (Å²) in [6.45, 7) is 4.44. The topological polar surface area (TPSA) is 99.7 Å². The Hall–Kier alpha value is -2.49. The normalized spacial score (nSPS) is 31.3. The van der Waals surface area contributed by atoms with Crippen LogP contribution < -0.4 is 16.0 Å². The van der Waals surface area contributed by atoms with Gasteiger partial charge in [-0.25, -0.2) is 4.39 Å². The Morgan fingerprint density at radius 3 is 2.59 bits per heavy atom. The minimum Gasteiger partial charge on any atom is -0.393 e. The Morgan fingerprint density at radius 2 is 1.90 bits per heavy atom. The van der Waals surface area contributed by atoms with E-state index in [4.69, 9.17) is 27.9 Å². The van der Waals surface area contributed by atoms with E-state index in [2.05, 4.69) is 29.8 Å². The third-order valence-electron chi connectivity index (χ3n) is 9.61. The van der Waals surface area contributed by atoms with Crippen molar-refractivity contribution in [3.63, 3.8) is 0 Å². The average Bonchev–Trinajstić information content (AvgIpc) is 3.40. The number of carbonyl (C=O) groups is 2. The van der Waals surface area contributed by atoms with Gasteiger partial charge in [-0.1, -0.05) is 67.4 Å². The first-order valence-electron chi connectivity index (χ1n) is 14.1. The number of fused-ring (bicyclic) bond motifs is 3. The van der Waals surface area contributed by atoms with E-state index >= 15 is 4.39 Å². The van der Waals surface area contributed by atoms with Gasteiger partial charge in [-0.15, -0.1) is 0 Å². The van der Waals surface area contributed by atoms with Crippen molar-refractivity contribution in [3.8, 4) is 0 Å². The summed E-state index contributed by atoms with van der Waals surface area (Å²) in [5, 5.41) is 19.5. The van der Waals surface area contributed by atoms with Gasteiger partial charge in [-0.05, 0) is 60.4 Å². The van der Waals surface area contributed by atoms with Crippen LogP contribution in [0.5, 0.6) is 0 Å². The molecule has 2 unspecified atom stereocenters. The van der Waals surface area contributed by atoms with E-state index in [9.17, 15) is 14.7 Å². The number of hydrogen-bond donors (Lipinski definition) is 4. The number of nitrogens with one attached hydrogen (secondary N) is 3. The molecule has 4 N–H and O–H groups in total. The molecule has 41 heavy (non-hydrogen) atoms. The smallest absolute Gasteiger partial charge is 0.238 e. The molecule has 6 rings (SSSR count). The highest BCUT2D eigenvalue weighted by Gasteiger charge is 2.73. The molecule has 2 amide bonds. The SMILES string of the molecule is CC1(C)CCC2(CC1)N[C@@H](C(=O)N[C@@H]1C=C[C@@H](CO)OC1)C(c1cccc(Cl)c1F)C21C(=O)Nc2cc(Cl)ccc21. The molecule has 2 aromatic rings. The zero-order chi connectivity index (χ0) is 29.2. The fraction of sp³-hybridized carbons (Fsp3) is 0.484. The highest BCUT2D eigenvalue weighted by molar-refractivity contribution is 6.31. The summed E-state index contributed by atoms with van der Waals surface area (Å²) in [7, 11) is 0. The summed E-state index contributed by atoms with van der Waals surface area (Å²) in [4.78, 5) is 28.7. The Kier molecular flexibility index (Phi) is 7.22.